The van der Waals surface area contributed by atoms with Crippen LogP contribution in [-0.4, -0.2) is 13.1 Å². The molecule has 2 aromatic rings. The van der Waals surface area contributed by atoms with Gasteiger partial charge >= 0.3 is 0 Å². The topological polar surface area (TPSA) is 12.0 Å². The van der Waals surface area contributed by atoms with E-state index < -0.39 is 0 Å². The van der Waals surface area contributed by atoms with Crippen LogP contribution in [0.2, 0.25) is 0 Å². The largest absolute Gasteiger partial charge is 0.317 e. The van der Waals surface area contributed by atoms with Crippen molar-refractivity contribution in [1.82, 2.24) is 5.32 Å². The third kappa shape index (κ3) is 3.69. The minimum absolute atomic E-state index is 0.707. The van der Waals surface area contributed by atoms with Gasteiger partial charge in [-0.15, -0.1) is 0 Å². The van der Waals surface area contributed by atoms with Gasteiger partial charge in [0.05, 0.1) is 0 Å². The Bertz CT molecular complexity index is 597. The Morgan fingerprint density at radius 2 is 1.57 bits per heavy atom. The fourth-order valence-corrected chi connectivity index (χ4v) is 3.95. The van der Waals surface area contributed by atoms with Crippen molar-refractivity contribution in [3.05, 3.63) is 59.2 Å². The number of piperidine rings is 1. The Balaban J connectivity index is 1.88. The first-order valence-corrected chi connectivity index (χ1v) is 8.60. The molecule has 1 saturated heterocycles. The lowest BCUT2D eigenvalue weighted by atomic mass is 9.89. The summed E-state index contributed by atoms with van der Waals surface area (Å²) in [6.07, 6.45) is 2.51. The highest BCUT2D eigenvalue weighted by atomic mass is 32.2. The molecular formula is C19H23NS. The van der Waals surface area contributed by atoms with Crippen LogP contribution in [0.5, 0.6) is 0 Å². The summed E-state index contributed by atoms with van der Waals surface area (Å²) < 4.78 is 0. The molecule has 0 atom stereocenters. The van der Waals surface area contributed by atoms with E-state index in [1.54, 1.807) is 5.56 Å². The summed E-state index contributed by atoms with van der Waals surface area (Å²) in [5.74, 6) is 0.707. The third-order valence-corrected chi connectivity index (χ3v) is 5.29. The molecule has 21 heavy (non-hydrogen) atoms. The fraction of sp³-hybridized carbons (Fsp3) is 0.368. The molecular weight excluding hydrogens is 274 g/mol. The third-order valence-electron chi connectivity index (χ3n) is 4.19. The van der Waals surface area contributed by atoms with Crippen molar-refractivity contribution in [2.24, 2.45) is 0 Å². The zero-order chi connectivity index (χ0) is 14.7. The Morgan fingerprint density at radius 3 is 2.29 bits per heavy atom. The summed E-state index contributed by atoms with van der Waals surface area (Å²) in [6.45, 7) is 6.63. The molecule has 1 N–H and O–H groups in total. The standard InChI is InChI=1S/C19H23NS/c1-14-3-6-17(7-4-14)21-19-8-5-15(2)13-18(19)16-9-11-20-12-10-16/h3-8,13,16,20H,9-12H2,1-2H3. The highest BCUT2D eigenvalue weighted by Gasteiger charge is 2.18. The molecule has 0 bridgehead atoms. The van der Waals surface area contributed by atoms with Crippen molar-refractivity contribution >= 4 is 11.8 Å². The first kappa shape index (κ1) is 14.7. The van der Waals surface area contributed by atoms with Crippen LogP contribution in [0.15, 0.2) is 52.3 Å². The summed E-state index contributed by atoms with van der Waals surface area (Å²) in [5, 5.41) is 3.47. The van der Waals surface area contributed by atoms with Gasteiger partial charge in [0, 0.05) is 9.79 Å². The van der Waals surface area contributed by atoms with Crippen LogP contribution in [0.4, 0.5) is 0 Å². The molecule has 2 aromatic carbocycles. The van der Waals surface area contributed by atoms with E-state index in [9.17, 15) is 0 Å². The van der Waals surface area contributed by atoms with E-state index in [4.69, 9.17) is 0 Å². The van der Waals surface area contributed by atoms with E-state index >= 15 is 0 Å². The van der Waals surface area contributed by atoms with Crippen LogP contribution >= 0.6 is 11.8 Å². The number of rotatable bonds is 3. The summed E-state index contributed by atoms with van der Waals surface area (Å²) in [5.41, 5.74) is 4.24. The molecule has 0 saturated carbocycles. The second-order valence-electron chi connectivity index (χ2n) is 5.98. The molecule has 3 rings (SSSR count). The number of hydrogen-bond acceptors (Lipinski definition) is 2. The number of hydrogen-bond donors (Lipinski definition) is 1. The second-order valence-corrected chi connectivity index (χ2v) is 7.10. The SMILES string of the molecule is Cc1ccc(Sc2ccc(C)cc2C2CCNCC2)cc1. The van der Waals surface area contributed by atoms with Crippen LogP contribution in [0, 0.1) is 13.8 Å². The van der Waals surface area contributed by atoms with Crippen molar-refractivity contribution in [2.75, 3.05) is 13.1 Å². The maximum absolute atomic E-state index is 3.47. The van der Waals surface area contributed by atoms with E-state index in [2.05, 4.69) is 61.6 Å². The molecule has 1 heterocycles. The molecule has 0 unspecified atom stereocenters. The number of benzene rings is 2. The molecule has 1 aliphatic rings. The van der Waals surface area contributed by atoms with Gasteiger partial charge < -0.3 is 5.32 Å². The van der Waals surface area contributed by atoms with Crippen molar-refractivity contribution in [1.29, 1.82) is 0 Å². The van der Waals surface area contributed by atoms with Gasteiger partial charge in [0.2, 0.25) is 0 Å². The average molecular weight is 297 g/mol. The highest BCUT2D eigenvalue weighted by molar-refractivity contribution is 7.99. The van der Waals surface area contributed by atoms with Gasteiger partial charge in [-0.1, -0.05) is 47.2 Å². The molecule has 1 aliphatic heterocycles. The van der Waals surface area contributed by atoms with Crippen LogP contribution < -0.4 is 5.32 Å². The maximum atomic E-state index is 3.47. The molecule has 0 radical (unpaired) electrons. The van der Waals surface area contributed by atoms with Gasteiger partial charge in [-0.05, 0) is 69.5 Å². The van der Waals surface area contributed by atoms with E-state index in [-0.39, 0.29) is 0 Å². The molecule has 2 heteroatoms. The van der Waals surface area contributed by atoms with E-state index in [1.165, 1.54) is 33.8 Å². The van der Waals surface area contributed by atoms with Crippen molar-refractivity contribution in [3.63, 3.8) is 0 Å². The highest BCUT2D eigenvalue weighted by Crippen LogP contribution is 2.37. The molecule has 1 fully saturated rings. The predicted molar refractivity (Wildman–Crippen MR) is 91.3 cm³/mol. The smallest absolute Gasteiger partial charge is 0.0157 e. The van der Waals surface area contributed by atoms with Gasteiger partial charge in [0.25, 0.3) is 0 Å². The lowest BCUT2D eigenvalue weighted by Gasteiger charge is -2.25. The Labute approximate surface area is 132 Å². The van der Waals surface area contributed by atoms with Crippen molar-refractivity contribution in [2.45, 2.75) is 42.4 Å². The average Bonchev–Trinajstić information content (AvgIpc) is 2.52. The second kappa shape index (κ2) is 6.67. The molecule has 1 nitrogen and oxygen atoms in total. The van der Waals surface area contributed by atoms with E-state index in [1.807, 2.05) is 11.8 Å². The zero-order valence-electron chi connectivity index (χ0n) is 12.9. The predicted octanol–water partition coefficient (Wildman–Crippen LogP) is 4.92. The minimum Gasteiger partial charge on any atom is -0.317 e. The van der Waals surface area contributed by atoms with Gasteiger partial charge in [-0.2, -0.15) is 0 Å². The lowest BCUT2D eigenvalue weighted by Crippen LogP contribution is -2.26. The molecule has 0 aliphatic carbocycles. The van der Waals surface area contributed by atoms with Crippen LogP contribution in [0.1, 0.15) is 35.4 Å². The lowest BCUT2D eigenvalue weighted by molar-refractivity contribution is 0.456. The summed E-state index contributed by atoms with van der Waals surface area (Å²) in [7, 11) is 0. The molecule has 0 aromatic heterocycles. The van der Waals surface area contributed by atoms with E-state index in [0.29, 0.717) is 5.92 Å². The van der Waals surface area contributed by atoms with Crippen LogP contribution in [-0.2, 0) is 0 Å². The van der Waals surface area contributed by atoms with Gasteiger partial charge in [0.1, 0.15) is 0 Å². The fourth-order valence-electron chi connectivity index (χ4n) is 2.95. The number of aryl methyl sites for hydroxylation is 2. The molecule has 0 spiro atoms. The Morgan fingerprint density at radius 1 is 0.905 bits per heavy atom. The summed E-state index contributed by atoms with van der Waals surface area (Å²) >= 11 is 1.90. The summed E-state index contributed by atoms with van der Waals surface area (Å²) in [4.78, 5) is 2.76. The Kier molecular flexibility index (Phi) is 4.67. The maximum Gasteiger partial charge on any atom is 0.0157 e. The van der Waals surface area contributed by atoms with Crippen molar-refractivity contribution < 1.29 is 0 Å². The van der Waals surface area contributed by atoms with Crippen LogP contribution in [0.3, 0.4) is 0 Å². The number of nitrogens with one attached hydrogen (secondary N) is 1. The minimum atomic E-state index is 0.707. The Hall–Kier alpha value is -1.25. The normalized spacial score (nSPS) is 16.1. The molecule has 0 amide bonds. The van der Waals surface area contributed by atoms with Gasteiger partial charge in [0.15, 0.2) is 0 Å². The van der Waals surface area contributed by atoms with Crippen molar-refractivity contribution in [3.8, 4) is 0 Å². The molecule has 110 valence electrons. The zero-order valence-corrected chi connectivity index (χ0v) is 13.7. The first-order chi connectivity index (χ1) is 10.2. The monoisotopic (exact) mass is 297 g/mol. The van der Waals surface area contributed by atoms with Crippen LogP contribution in [0.25, 0.3) is 0 Å². The van der Waals surface area contributed by atoms with E-state index in [0.717, 1.165) is 13.1 Å². The van der Waals surface area contributed by atoms with Gasteiger partial charge in [-0.25, -0.2) is 0 Å². The quantitative estimate of drug-likeness (QED) is 0.863. The first-order valence-electron chi connectivity index (χ1n) is 7.78. The summed E-state index contributed by atoms with van der Waals surface area (Å²) in [6, 6.07) is 15.8. The van der Waals surface area contributed by atoms with Gasteiger partial charge in [-0.3, -0.25) is 0 Å².